The summed E-state index contributed by atoms with van der Waals surface area (Å²) in [5.74, 6) is 0.780. The van der Waals surface area contributed by atoms with Gasteiger partial charge in [-0.25, -0.2) is 0 Å². The van der Waals surface area contributed by atoms with Crippen LogP contribution in [0.4, 0.5) is 0 Å². The fourth-order valence-corrected chi connectivity index (χ4v) is 3.32. The largest absolute Gasteiger partial charge is 0.486 e. The highest BCUT2D eigenvalue weighted by Gasteiger charge is 2.20. The average molecular weight is 397 g/mol. The molecule has 1 aliphatic rings. The zero-order chi connectivity index (χ0) is 16.4. The van der Waals surface area contributed by atoms with E-state index in [1.807, 2.05) is 31.2 Å². The molecule has 1 amide bonds. The van der Waals surface area contributed by atoms with Crippen molar-refractivity contribution in [3.8, 4) is 11.5 Å². The van der Waals surface area contributed by atoms with Crippen molar-refractivity contribution in [2.45, 2.75) is 13.0 Å². The van der Waals surface area contributed by atoms with E-state index in [-0.39, 0.29) is 11.9 Å². The van der Waals surface area contributed by atoms with Gasteiger partial charge in [0.2, 0.25) is 0 Å². The van der Waals surface area contributed by atoms with E-state index < -0.39 is 0 Å². The van der Waals surface area contributed by atoms with Gasteiger partial charge in [0, 0.05) is 10.0 Å². The Kier molecular flexibility index (Phi) is 4.78. The van der Waals surface area contributed by atoms with Crippen molar-refractivity contribution >= 4 is 33.4 Å². The summed E-state index contributed by atoms with van der Waals surface area (Å²) < 4.78 is 11.9. The summed E-state index contributed by atoms with van der Waals surface area (Å²) in [6.07, 6.45) is 0. The van der Waals surface area contributed by atoms with Crippen LogP contribution in [0, 0.1) is 0 Å². The first-order valence-electron chi connectivity index (χ1n) is 7.20. The highest BCUT2D eigenvalue weighted by molar-refractivity contribution is 9.10. The van der Waals surface area contributed by atoms with Crippen molar-refractivity contribution in [2.24, 2.45) is 0 Å². The van der Waals surface area contributed by atoms with Crippen LogP contribution in [0.1, 0.15) is 28.9 Å². The molecular formula is C17H15BrClNO3. The van der Waals surface area contributed by atoms with Crippen molar-refractivity contribution in [1.29, 1.82) is 0 Å². The summed E-state index contributed by atoms with van der Waals surface area (Å²) in [6, 6.07) is 10.9. The van der Waals surface area contributed by atoms with E-state index >= 15 is 0 Å². The smallest absolute Gasteiger partial charge is 0.251 e. The van der Waals surface area contributed by atoms with Gasteiger partial charge in [-0.05, 0) is 30.7 Å². The maximum Gasteiger partial charge on any atom is 0.251 e. The van der Waals surface area contributed by atoms with Gasteiger partial charge in [-0.3, -0.25) is 4.79 Å². The number of halogens is 2. The zero-order valence-corrected chi connectivity index (χ0v) is 14.8. The fraction of sp³-hybridized carbons (Fsp3) is 0.235. The van der Waals surface area contributed by atoms with Gasteiger partial charge < -0.3 is 14.8 Å². The van der Waals surface area contributed by atoms with Gasteiger partial charge in [-0.1, -0.05) is 45.7 Å². The Morgan fingerprint density at radius 1 is 1.26 bits per heavy atom. The third kappa shape index (κ3) is 3.46. The molecule has 0 spiro atoms. The maximum atomic E-state index is 12.5. The number of carbonyl (C=O) groups excluding carboxylic acids is 1. The molecule has 0 aliphatic carbocycles. The van der Waals surface area contributed by atoms with Gasteiger partial charge in [0.25, 0.3) is 5.91 Å². The molecule has 2 aromatic carbocycles. The number of rotatable bonds is 3. The molecule has 4 nitrogen and oxygen atoms in total. The summed E-state index contributed by atoms with van der Waals surface area (Å²) in [4.78, 5) is 12.5. The fourth-order valence-electron chi connectivity index (χ4n) is 2.43. The number of hydrogen-bond acceptors (Lipinski definition) is 3. The van der Waals surface area contributed by atoms with E-state index in [1.54, 1.807) is 12.1 Å². The number of ether oxygens (including phenoxy) is 2. The first kappa shape index (κ1) is 16.1. The summed E-state index contributed by atoms with van der Waals surface area (Å²) in [5, 5.41) is 3.34. The van der Waals surface area contributed by atoms with E-state index in [9.17, 15) is 4.79 Å². The number of amides is 1. The Morgan fingerprint density at radius 3 is 2.78 bits per heavy atom. The molecule has 0 radical (unpaired) electrons. The molecule has 1 N–H and O–H groups in total. The number of hydrogen-bond donors (Lipinski definition) is 1. The van der Waals surface area contributed by atoms with Crippen molar-refractivity contribution < 1.29 is 14.3 Å². The van der Waals surface area contributed by atoms with Gasteiger partial charge >= 0.3 is 0 Å². The first-order chi connectivity index (χ1) is 11.1. The minimum atomic E-state index is -0.216. The number of nitrogens with one attached hydrogen (secondary N) is 1. The second kappa shape index (κ2) is 6.81. The van der Waals surface area contributed by atoms with Crippen LogP contribution in [0.3, 0.4) is 0 Å². The molecule has 1 heterocycles. The summed E-state index contributed by atoms with van der Waals surface area (Å²) in [6.45, 7) is 2.83. The predicted molar refractivity (Wildman–Crippen MR) is 92.5 cm³/mol. The average Bonchev–Trinajstić information content (AvgIpc) is 2.55. The second-order valence-corrected chi connectivity index (χ2v) is 6.46. The molecule has 23 heavy (non-hydrogen) atoms. The van der Waals surface area contributed by atoms with Gasteiger partial charge in [0.1, 0.15) is 13.2 Å². The summed E-state index contributed by atoms with van der Waals surface area (Å²) >= 11 is 9.67. The zero-order valence-electron chi connectivity index (χ0n) is 12.4. The molecule has 0 bridgehead atoms. The van der Waals surface area contributed by atoms with Crippen LogP contribution in [0.15, 0.2) is 40.9 Å². The van der Waals surface area contributed by atoms with Crippen LogP contribution in [0.5, 0.6) is 11.5 Å². The molecule has 0 saturated heterocycles. The minimum absolute atomic E-state index is 0.148. The van der Waals surface area contributed by atoms with Gasteiger partial charge in [-0.2, -0.15) is 0 Å². The Bertz CT molecular complexity index is 751. The van der Waals surface area contributed by atoms with Gasteiger partial charge in [0.15, 0.2) is 11.5 Å². The molecule has 1 aliphatic heterocycles. The molecule has 6 heteroatoms. The highest BCUT2D eigenvalue weighted by Crippen LogP contribution is 2.38. The molecule has 2 aromatic rings. The highest BCUT2D eigenvalue weighted by atomic mass is 79.9. The van der Waals surface area contributed by atoms with Crippen molar-refractivity contribution in [3.63, 3.8) is 0 Å². The topological polar surface area (TPSA) is 47.6 Å². The first-order valence-corrected chi connectivity index (χ1v) is 8.38. The Balaban J connectivity index is 1.81. The standard InChI is InChI=1S/C17H15BrClNO3/c1-10(12-4-2-3-5-13(12)18)20-17(21)11-8-14(19)16-15(9-11)22-6-7-23-16/h2-5,8-10H,6-7H2,1H3,(H,20,21). The van der Waals surface area contributed by atoms with E-state index in [2.05, 4.69) is 21.2 Å². The lowest BCUT2D eigenvalue weighted by molar-refractivity contribution is 0.0938. The monoisotopic (exact) mass is 395 g/mol. The summed E-state index contributed by atoms with van der Waals surface area (Å²) in [7, 11) is 0. The van der Waals surface area contributed by atoms with E-state index in [4.69, 9.17) is 21.1 Å². The normalized spacial score (nSPS) is 14.2. The molecule has 3 rings (SSSR count). The van der Waals surface area contributed by atoms with Crippen LogP contribution >= 0.6 is 27.5 Å². The van der Waals surface area contributed by atoms with Crippen molar-refractivity contribution in [1.82, 2.24) is 5.32 Å². The lowest BCUT2D eigenvalue weighted by atomic mass is 10.1. The van der Waals surface area contributed by atoms with Crippen LogP contribution in [-0.4, -0.2) is 19.1 Å². The SMILES string of the molecule is CC(NC(=O)c1cc(Cl)c2c(c1)OCCO2)c1ccccc1Br. The van der Waals surface area contributed by atoms with Gasteiger partial charge in [-0.15, -0.1) is 0 Å². The predicted octanol–water partition coefficient (Wildman–Crippen LogP) is 4.36. The lowest BCUT2D eigenvalue weighted by Crippen LogP contribution is -2.27. The van der Waals surface area contributed by atoms with E-state index in [1.165, 1.54) is 0 Å². The van der Waals surface area contributed by atoms with E-state index in [0.717, 1.165) is 10.0 Å². The van der Waals surface area contributed by atoms with Crippen molar-refractivity contribution in [3.05, 3.63) is 57.0 Å². The molecule has 0 fully saturated rings. The molecule has 0 saturated carbocycles. The lowest BCUT2D eigenvalue weighted by Gasteiger charge is -2.21. The van der Waals surface area contributed by atoms with Crippen LogP contribution in [0.25, 0.3) is 0 Å². The third-order valence-electron chi connectivity index (χ3n) is 3.58. The minimum Gasteiger partial charge on any atom is -0.486 e. The second-order valence-electron chi connectivity index (χ2n) is 5.20. The van der Waals surface area contributed by atoms with Crippen LogP contribution in [-0.2, 0) is 0 Å². The molecule has 1 unspecified atom stereocenters. The van der Waals surface area contributed by atoms with Gasteiger partial charge in [0.05, 0.1) is 11.1 Å². The quantitative estimate of drug-likeness (QED) is 0.838. The molecule has 0 aromatic heterocycles. The Morgan fingerprint density at radius 2 is 2.00 bits per heavy atom. The number of benzene rings is 2. The van der Waals surface area contributed by atoms with Crippen LogP contribution in [0.2, 0.25) is 5.02 Å². The summed E-state index contributed by atoms with van der Waals surface area (Å²) in [5.41, 5.74) is 1.45. The maximum absolute atomic E-state index is 12.5. The van der Waals surface area contributed by atoms with Crippen molar-refractivity contribution in [2.75, 3.05) is 13.2 Å². The molecule has 1 atom stereocenters. The Hall–Kier alpha value is -1.72. The molecular weight excluding hydrogens is 382 g/mol. The van der Waals surface area contributed by atoms with Crippen LogP contribution < -0.4 is 14.8 Å². The Labute approximate surface area is 147 Å². The number of fused-ring (bicyclic) bond motifs is 1. The molecule has 120 valence electrons. The third-order valence-corrected chi connectivity index (χ3v) is 4.58. The number of carbonyl (C=O) groups is 1. The van der Waals surface area contributed by atoms with E-state index in [0.29, 0.717) is 35.3 Å².